The molecule has 0 amide bonds. The molecule has 2 nitrogen and oxygen atoms in total. The van der Waals surface area contributed by atoms with Crippen molar-refractivity contribution in [3.05, 3.63) is 101 Å². The lowest BCUT2D eigenvalue weighted by molar-refractivity contribution is -0.137. The molecular formula is C22H19F3N2S. The third kappa shape index (κ3) is 5.10. The normalized spacial score (nSPS) is 12.3. The van der Waals surface area contributed by atoms with Crippen LogP contribution in [0.25, 0.3) is 0 Å². The summed E-state index contributed by atoms with van der Waals surface area (Å²) in [5.41, 5.74) is 2.68. The molecule has 3 aromatic rings. The van der Waals surface area contributed by atoms with Crippen LogP contribution in [-0.2, 0) is 6.18 Å². The van der Waals surface area contributed by atoms with Crippen LogP contribution in [-0.4, -0.2) is 5.11 Å². The van der Waals surface area contributed by atoms with Crippen LogP contribution in [0.15, 0.2) is 78.9 Å². The van der Waals surface area contributed by atoms with E-state index >= 15 is 0 Å². The van der Waals surface area contributed by atoms with Crippen LogP contribution in [0, 0.1) is 6.92 Å². The fourth-order valence-electron chi connectivity index (χ4n) is 2.93. The van der Waals surface area contributed by atoms with E-state index in [9.17, 15) is 13.2 Å². The number of halogens is 3. The number of anilines is 1. The molecule has 1 atom stereocenters. The van der Waals surface area contributed by atoms with Gasteiger partial charge in [-0.3, -0.25) is 0 Å². The van der Waals surface area contributed by atoms with E-state index in [1.54, 1.807) is 6.07 Å². The summed E-state index contributed by atoms with van der Waals surface area (Å²) in [4.78, 5) is 0. The number of thiocarbonyl (C=S) groups is 1. The van der Waals surface area contributed by atoms with Crippen molar-refractivity contribution >= 4 is 23.0 Å². The first-order valence-electron chi connectivity index (χ1n) is 8.69. The third-order valence-corrected chi connectivity index (χ3v) is 4.45. The van der Waals surface area contributed by atoms with Gasteiger partial charge in [0.25, 0.3) is 0 Å². The molecule has 0 saturated heterocycles. The maximum Gasteiger partial charge on any atom is 0.416 e. The molecule has 0 aliphatic rings. The van der Waals surface area contributed by atoms with Gasteiger partial charge in [-0.15, -0.1) is 0 Å². The lowest BCUT2D eigenvalue weighted by atomic mass is 9.97. The van der Waals surface area contributed by atoms with Crippen LogP contribution in [0.3, 0.4) is 0 Å². The highest BCUT2D eigenvalue weighted by Crippen LogP contribution is 2.30. The minimum atomic E-state index is -4.40. The molecule has 0 spiro atoms. The highest BCUT2D eigenvalue weighted by molar-refractivity contribution is 7.80. The number of hydrogen-bond donors (Lipinski definition) is 2. The summed E-state index contributed by atoms with van der Waals surface area (Å²) in [6.45, 7) is 2.00. The molecular weight excluding hydrogens is 381 g/mol. The SMILES string of the molecule is Cc1cccc([C@@H](NC(=S)Nc2cccc(C(F)(F)F)c2)c2ccccc2)c1. The van der Waals surface area contributed by atoms with E-state index < -0.39 is 11.7 Å². The summed E-state index contributed by atoms with van der Waals surface area (Å²) in [6.07, 6.45) is -4.40. The summed E-state index contributed by atoms with van der Waals surface area (Å²) in [6, 6.07) is 22.5. The molecule has 0 fully saturated rings. The van der Waals surface area contributed by atoms with Crippen molar-refractivity contribution in [1.29, 1.82) is 0 Å². The van der Waals surface area contributed by atoms with Gasteiger partial charge in [0.1, 0.15) is 0 Å². The topological polar surface area (TPSA) is 24.1 Å². The summed E-state index contributed by atoms with van der Waals surface area (Å²) in [5.74, 6) is 0. The predicted molar refractivity (Wildman–Crippen MR) is 110 cm³/mol. The van der Waals surface area contributed by atoms with Crippen molar-refractivity contribution in [2.45, 2.75) is 19.1 Å². The Morgan fingerprint density at radius 3 is 2.21 bits per heavy atom. The first-order chi connectivity index (χ1) is 13.3. The third-order valence-electron chi connectivity index (χ3n) is 4.23. The zero-order valence-electron chi connectivity index (χ0n) is 15.1. The van der Waals surface area contributed by atoms with Gasteiger partial charge in [0, 0.05) is 5.69 Å². The number of rotatable bonds is 4. The largest absolute Gasteiger partial charge is 0.416 e. The maximum atomic E-state index is 12.9. The predicted octanol–water partition coefficient (Wildman–Crippen LogP) is 6.09. The number of benzene rings is 3. The Bertz CT molecular complexity index is 955. The standard InChI is InChI=1S/C22H19F3N2S/c1-15-7-5-10-17(13-15)20(16-8-3-2-4-9-16)27-21(28)26-19-12-6-11-18(14-19)22(23,24)25/h2-14,20H,1H3,(H2,26,27,28)/t20-/m0/s1. The molecule has 0 saturated carbocycles. The van der Waals surface area contributed by atoms with Gasteiger partial charge in [-0.25, -0.2) is 0 Å². The molecule has 28 heavy (non-hydrogen) atoms. The van der Waals surface area contributed by atoms with Crippen molar-refractivity contribution < 1.29 is 13.2 Å². The van der Waals surface area contributed by atoms with Crippen LogP contribution in [0.5, 0.6) is 0 Å². The van der Waals surface area contributed by atoms with Crippen molar-refractivity contribution in [2.24, 2.45) is 0 Å². The molecule has 2 N–H and O–H groups in total. The lowest BCUT2D eigenvalue weighted by Crippen LogP contribution is -2.33. The smallest absolute Gasteiger partial charge is 0.352 e. The first-order valence-corrected chi connectivity index (χ1v) is 9.10. The molecule has 0 heterocycles. The Kier molecular flexibility index (Phi) is 5.99. The van der Waals surface area contributed by atoms with Gasteiger partial charge in [0.05, 0.1) is 11.6 Å². The Morgan fingerprint density at radius 2 is 1.54 bits per heavy atom. The van der Waals surface area contributed by atoms with Crippen molar-refractivity contribution in [2.75, 3.05) is 5.32 Å². The van der Waals surface area contributed by atoms with Gasteiger partial charge in [0.15, 0.2) is 5.11 Å². The fraction of sp³-hybridized carbons (Fsp3) is 0.136. The second-order valence-electron chi connectivity index (χ2n) is 6.43. The van der Waals surface area contributed by atoms with Crippen LogP contribution < -0.4 is 10.6 Å². The van der Waals surface area contributed by atoms with E-state index in [2.05, 4.69) is 16.7 Å². The molecule has 3 rings (SSSR count). The van der Waals surface area contributed by atoms with Crippen LogP contribution >= 0.6 is 12.2 Å². The van der Waals surface area contributed by atoms with Crippen LogP contribution in [0.4, 0.5) is 18.9 Å². The monoisotopic (exact) mass is 400 g/mol. The molecule has 0 aliphatic heterocycles. The van der Waals surface area contributed by atoms with Crippen molar-refractivity contribution in [3.8, 4) is 0 Å². The summed E-state index contributed by atoms with van der Waals surface area (Å²) < 4.78 is 38.8. The Labute approximate surface area is 167 Å². The van der Waals surface area contributed by atoms with Crippen LogP contribution in [0.1, 0.15) is 28.3 Å². The number of hydrogen-bond acceptors (Lipinski definition) is 1. The molecule has 144 valence electrons. The Hall–Kier alpha value is -2.86. The zero-order valence-corrected chi connectivity index (χ0v) is 15.9. The lowest BCUT2D eigenvalue weighted by Gasteiger charge is -2.22. The van der Waals surface area contributed by atoms with Gasteiger partial charge in [-0.2, -0.15) is 13.2 Å². The molecule has 0 aromatic heterocycles. The Morgan fingerprint density at radius 1 is 0.857 bits per heavy atom. The van der Waals surface area contributed by atoms with E-state index in [0.717, 1.165) is 28.8 Å². The summed E-state index contributed by atoms with van der Waals surface area (Å²) in [5, 5.41) is 6.33. The quantitative estimate of drug-likeness (QED) is 0.518. The summed E-state index contributed by atoms with van der Waals surface area (Å²) in [7, 11) is 0. The molecule has 0 aliphatic carbocycles. The van der Waals surface area contributed by atoms with E-state index in [-0.39, 0.29) is 16.8 Å². The molecule has 0 unspecified atom stereocenters. The fourth-order valence-corrected chi connectivity index (χ4v) is 3.16. The Balaban J connectivity index is 1.82. The molecule has 0 radical (unpaired) electrons. The van der Waals surface area contributed by atoms with E-state index in [1.165, 1.54) is 6.07 Å². The molecule has 0 bridgehead atoms. The second kappa shape index (κ2) is 8.44. The highest BCUT2D eigenvalue weighted by atomic mass is 32.1. The van der Waals surface area contributed by atoms with Crippen molar-refractivity contribution in [1.82, 2.24) is 5.32 Å². The maximum absolute atomic E-state index is 12.9. The average Bonchev–Trinajstić information content (AvgIpc) is 2.66. The average molecular weight is 400 g/mol. The minimum absolute atomic E-state index is 0.230. The van der Waals surface area contributed by atoms with Crippen molar-refractivity contribution in [3.63, 3.8) is 0 Å². The zero-order chi connectivity index (χ0) is 20.1. The minimum Gasteiger partial charge on any atom is -0.352 e. The number of aryl methyl sites for hydroxylation is 1. The van der Waals surface area contributed by atoms with E-state index in [0.29, 0.717) is 0 Å². The number of alkyl halides is 3. The van der Waals surface area contributed by atoms with Gasteiger partial charge >= 0.3 is 6.18 Å². The van der Waals surface area contributed by atoms with Crippen LogP contribution in [0.2, 0.25) is 0 Å². The second-order valence-corrected chi connectivity index (χ2v) is 6.84. The summed E-state index contributed by atoms with van der Waals surface area (Å²) >= 11 is 5.38. The molecule has 3 aromatic carbocycles. The van der Waals surface area contributed by atoms with Gasteiger partial charge in [-0.05, 0) is 48.5 Å². The highest BCUT2D eigenvalue weighted by Gasteiger charge is 2.30. The van der Waals surface area contributed by atoms with E-state index in [1.807, 2.05) is 55.5 Å². The van der Waals surface area contributed by atoms with Gasteiger partial charge < -0.3 is 10.6 Å². The van der Waals surface area contributed by atoms with Gasteiger partial charge in [-0.1, -0.05) is 66.2 Å². The van der Waals surface area contributed by atoms with E-state index in [4.69, 9.17) is 12.2 Å². The first kappa shape index (κ1) is 19.9. The molecule has 6 heteroatoms. The number of nitrogens with one attached hydrogen (secondary N) is 2. The van der Waals surface area contributed by atoms with Gasteiger partial charge in [0.2, 0.25) is 0 Å².